The molecule has 0 aliphatic heterocycles. The number of nitrogens with two attached hydrogens (primary N) is 1. The molecule has 0 aliphatic carbocycles. The fourth-order valence-electron chi connectivity index (χ4n) is 1.41. The van der Waals surface area contributed by atoms with Gasteiger partial charge in [0.25, 0.3) is 0 Å². The number of hydrogen-bond donors (Lipinski definition) is 1. The van der Waals surface area contributed by atoms with E-state index in [9.17, 15) is 8.78 Å². The van der Waals surface area contributed by atoms with Crippen LogP contribution in [0.15, 0.2) is 34.1 Å². The molecular formula is C11H8BrF2NS. The second-order valence-electron chi connectivity index (χ2n) is 3.32. The van der Waals surface area contributed by atoms with Crippen molar-refractivity contribution in [2.24, 2.45) is 5.73 Å². The van der Waals surface area contributed by atoms with Gasteiger partial charge in [-0.3, -0.25) is 0 Å². The zero-order valence-electron chi connectivity index (χ0n) is 8.08. The van der Waals surface area contributed by atoms with E-state index in [1.165, 1.54) is 23.5 Å². The quantitative estimate of drug-likeness (QED) is 0.896. The topological polar surface area (TPSA) is 26.0 Å². The molecule has 0 saturated carbocycles. The van der Waals surface area contributed by atoms with Gasteiger partial charge in [-0.1, -0.05) is 0 Å². The van der Waals surface area contributed by atoms with Crippen molar-refractivity contribution in [3.05, 3.63) is 56.2 Å². The highest BCUT2D eigenvalue weighted by Crippen LogP contribution is 2.30. The minimum atomic E-state index is -0.610. The van der Waals surface area contributed by atoms with Gasteiger partial charge in [-0.15, -0.1) is 11.3 Å². The predicted molar refractivity (Wildman–Crippen MR) is 64.4 cm³/mol. The van der Waals surface area contributed by atoms with E-state index in [0.717, 1.165) is 14.7 Å². The van der Waals surface area contributed by atoms with E-state index in [0.29, 0.717) is 5.56 Å². The Morgan fingerprint density at radius 2 is 1.75 bits per heavy atom. The molecule has 0 bridgehead atoms. The van der Waals surface area contributed by atoms with E-state index < -0.39 is 17.7 Å². The van der Waals surface area contributed by atoms with Gasteiger partial charge in [0.1, 0.15) is 11.6 Å². The molecule has 2 N–H and O–H groups in total. The Labute approximate surface area is 104 Å². The van der Waals surface area contributed by atoms with Crippen LogP contribution in [0.3, 0.4) is 0 Å². The van der Waals surface area contributed by atoms with Gasteiger partial charge in [0.05, 0.1) is 9.83 Å². The van der Waals surface area contributed by atoms with Gasteiger partial charge in [-0.05, 0) is 45.8 Å². The van der Waals surface area contributed by atoms with Gasteiger partial charge in [0.15, 0.2) is 0 Å². The lowest BCUT2D eigenvalue weighted by Crippen LogP contribution is -2.10. The first-order valence-corrected chi connectivity index (χ1v) is 6.14. The molecule has 1 atom stereocenters. The van der Waals surface area contributed by atoms with Crippen LogP contribution >= 0.6 is 27.3 Å². The van der Waals surface area contributed by atoms with Crippen molar-refractivity contribution in [3.8, 4) is 0 Å². The SMILES string of the molecule is NC(c1cc(F)cc(F)c1)c1ccc(Br)s1. The first kappa shape index (κ1) is 11.7. The summed E-state index contributed by atoms with van der Waals surface area (Å²) >= 11 is 4.77. The number of halogens is 3. The molecule has 5 heteroatoms. The molecule has 1 heterocycles. The first-order chi connectivity index (χ1) is 7.56. The van der Waals surface area contributed by atoms with Crippen molar-refractivity contribution in [2.45, 2.75) is 6.04 Å². The molecule has 0 fully saturated rings. The Balaban J connectivity index is 2.37. The largest absolute Gasteiger partial charge is 0.320 e. The molecule has 2 aromatic rings. The third-order valence-corrected chi connectivity index (χ3v) is 3.85. The molecule has 0 aliphatic rings. The monoisotopic (exact) mass is 303 g/mol. The Morgan fingerprint density at radius 3 is 2.25 bits per heavy atom. The molecule has 1 aromatic carbocycles. The molecule has 0 radical (unpaired) electrons. The molecule has 1 unspecified atom stereocenters. The summed E-state index contributed by atoms with van der Waals surface area (Å²) in [6, 6.07) is 6.53. The Morgan fingerprint density at radius 1 is 1.12 bits per heavy atom. The molecule has 0 amide bonds. The summed E-state index contributed by atoms with van der Waals surface area (Å²) in [7, 11) is 0. The second-order valence-corrected chi connectivity index (χ2v) is 5.82. The van der Waals surface area contributed by atoms with Gasteiger partial charge < -0.3 is 5.73 Å². The van der Waals surface area contributed by atoms with E-state index in [1.54, 1.807) is 0 Å². The number of rotatable bonds is 2. The predicted octanol–water partition coefficient (Wildman–Crippen LogP) is 3.84. The maximum Gasteiger partial charge on any atom is 0.126 e. The molecule has 84 valence electrons. The van der Waals surface area contributed by atoms with Crippen molar-refractivity contribution in [3.63, 3.8) is 0 Å². The molecule has 1 aromatic heterocycles. The average molecular weight is 304 g/mol. The zero-order chi connectivity index (χ0) is 11.7. The highest BCUT2D eigenvalue weighted by Gasteiger charge is 2.13. The fourth-order valence-corrected chi connectivity index (χ4v) is 2.87. The van der Waals surface area contributed by atoms with Crippen LogP contribution in [0.1, 0.15) is 16.5 Å². The third kappa shape index (κ3) is 2.48. The number of benzene rings is 1. The normalized spacial score (nSPS) is 12.8. The number of thiophene rings is 1. The lowest BCUT2D eigenvalue weighted by atomic mass is 10.1. The van der Waals surface area contributed by atoms with E-state index in [2.05, 4.69) is 15.9 Å². The van der Waals surface area contributed by atoms with Crippen LogP contribution < -0.4 is 5.73 Å². The molecule has 0 spiro atoms. The second kappa shape index (κ2) is 4.61. The van der Waals surface area contributed by atoms with Crippen LogP contribution in [-0.4, -0.2) is 0 Å². The lowest BCUT2D eigenvalue weighted by Gasteiger charge is -2.10. The number of hydrogen-bond acceptors (Lipinski definition) is 2. The van der Waals surface area contributed by atoms with E-state index in [-0.39, 0.29) is 0 Å². The Bertz CT molecular complexity index is 492. The Hall–Kier alpha value is -0.780. The van der Waals surface area contributed by atoms with Crippen molar-refractivity contribution >= 4 is 27.3 Å². The van der Waals surface area contributed by atoms with Crippen molar-refractivity contribution in [1.29, 1.82) is 0 Å². The van der Waals surface area contributed by atoms with Crippen LogP contribution in [0.25, 0.3) is 0 Å². The summed E-state index contributed by atoms with van der Waals surface area (Å²) < 4.78 is 27.0. The first-order valence-electron chi connectivity index (χ1n) is 4.53. The van der Waals surface area contributed by atoms with Crippen LogP contribution in [0.4, 0.5) is 8.78 Å². The van der Waals surface area contributed by atoms with E-state index >= 15 is 0 Å². The smallest absolute Gasteiger partial charge is 0.126 e. The molecule has 1 nitrogen and oxygen atoms in total. The summed E-state index contributed by atoms with van der Waals surface area (Å²) in [5, 5.41) is 0. The van der Waals surface area contributed by atoms with Gasteiger partial charge in [-0.25, -0.2) is 8.78 Å². The van der Waals surface area contributed by atoms with Crippen molar-refractivity contribution in [2.75, 3.05) is 0 Å². The highest BCUT2D eigenvalue weighted by molar-refractivity contribution is 9.11. The summed E-state index contributed by atoms with van der Waals surface area (Å²) in [6.07, 6.45) is 0. The summed E-state index contributed by atoms with van der Waals surface area (Å²) in [5.74, 6) is -1.22. The van der Waals surface area contributed by atoms with E-state index in [4.69, 9.17) is 5.73 Å². The van der Waals surface area contributed by atoms with Crippen LogP contribution in [0.5, 0.6) is 0 Å². The minimum absolute atomic E-state index is 0.437. The average Bonchev–Trinajstić information content (AvgIpc) is 2.62. The third-order valence-electron chi connectivity index (χ3n) is 2.14. The molecule has 0 saturated heterocycles. The minimum Gasteiger partial charge on any atom is -0.320 e. The maximum atomic E-state index is 13.0. The van der Waals surface area contributed by atoms with Crippen LogP contribution in [-0.2, 0) is 0 Å². The van der Waals surface area contributed by atoms with E-state index in [1.807, 2.05) is 12.1 Å². The van der Waals surface area contributed by atoms with Crippen LogP contribution in [0.2, 0.25) is 0 Å². The summed E-state index contributed by atoms with van der Waals surface area (Å²) in [6.45, 7) is 0. The van der Waals surface area contributed by atoms with Gasteiger partial charge in [0, 0.05) is 10.9 Å². The van der Waals surface area contributed by atoms with Gasteiger partial charge >= 0.3 is 0 Å². The van der Waals surface area contributed by atoms with Gasteiger partial charge in [0.2, 0.25) is 0 Å². The lowest BCUT2D eigenvalue weighted by molar-refractivity contribution is 0.577. The Kier molecular flexibility index (Phi) is 3.37. The van der Waals surface area contributed by atoms with Crippen molar-refractivity contribution in [1.82, 2.24) is 0 Å². The molecule has 16 heavy (non-hydrogen) atoms. The van der Waals surface area contributed by atoms with Crippen LogP contribution in [0, 0.1) is 11.6 Å². The molecular weight excluding hydrogens is 296 g/mol. The molecule has 2 rings (SSSR count). The summed E-state index contributed by atoms with van der Waals surface area (Å²) in [4.78, 5) is 0.858. The maximum absolute atomic E-state index is 13.0. The standard InChI is InChI=1S/C11H8BrF2NS/c12-10-2-1-9(16-10)11(15)6-3-7(13)5-8(14)4-6/h1-5,11H,15H2. The highest BCUT2D eigenvalue weighted by atomic mass is 79.9. The van der Waals surface area contributed by atoms with Crippen molar-refractivity contribution < 1.29 is 8.78 Å². The zero-order valence-corrected chi connectivity index (χ0v) is 10.5. The summed E-state index contributed by atoms with van der Waals surface area (Å²) in [5.41, 5.74) is 6.36. The van der Waals surface area contributed by atoms with Gasteiger partial charge in [-0.2, -0.15) is 0 Å². The fraction of sp³-hybridized carbons (Fsp3) is 0.0909.